The highest BCUT2D eigenvalue weighted by molar-refractivity contribution is 7.90. The number of amides is 2. The fourth-order valence-corrected chi connectivity index (χ4v) is 6.81. The molecule has 2 amide bonds. The molecule has 9 nitrogen and oxygen atoms in total. The first-order valence-corrected chi connectivity index (χ1v) is 14.7. The van der Waals surface area contributed by atoms with Gasteiger partial charge in [0.25, 0.3) is 0 Å². The smallest absolute Gasteiger partial charge is 0.314 e. The molecule has 0 radical (unpaired) electrons. The number of nitrogens with one attached hydrogen (secondary N) is 2. The third-order valence-electron chi connectivity index (χ3n) is 7.73. The van der Waals surface area contributed by atoms with Gasteiger partial charge in [0.1, 0.15) is 5.82 Å². The van der Waals surface area contributed by atoms with Crippen molar-refractivity contribution in [2.45, 2.75) is 83.2 Å². The Labute approximate surface area is 224 Å². The topological polar surface area (TPSA) is 99.6 Å². The van der Waals surface area contributed by atoms with E-state index in [0.29, 0.717) is 56.5 Å². The summed E-state index contributed by atoms with van der Waals surface area (Å²) in [7, 11) is -0.690. The van der Waals surface area contributed by atoms with E-state index in [0.717, 1.165) is 11.3 Å². The van der Waals surface area contributed by atoms with Gasteiger partial charge in [-0.15, -0.1) is 0 Å². The molecule has 2 heterocycles. The van der Waals surface area contributed by atoms with E-state index in [9.17, 15) is 22.0 Å². The quantitative estimate of drug-likeness (QED) is 0.558. The Hall–Kier alpha value is -2.47. The SMILES string of the molecule is CNC(=O)NC1CCN(S(=O)(=O)N(C)c2ccc3c(c2)nc(C(C)(C)C)n3CC2CCC(F)(F)CC2)CC1. The summed E-state index contributed by atoms with van der Waals surface area (Å²) < 4.78 is 59.1. The second kappa shape index (κ2) is 10.6. The number of carbonyl (C=O) groups is 1. The van der Waals surface area contributed by atoms with Crippen molar-refractivity contribution in [1.82, 2.24) is 24.5 Å². The van der Waals surface area contributed by atoms with Gasteiger partial charge in [0.2, 0.25) is 5.92 Å². The molecule has 1 saturated heterocycles. The third-order valence-corrected chi connectivity index (χ3v) is 9.65. The van der Waals surface area contributed by atoms with E-state index in [2.05, 4.69) is 36.0 Å². The molecule has 1 aromatic heterocycles. The molecular weight excluding hydrogens is 514 g/mol. The summed E-state index contributed by atoms with van der Waals surface area (Å²) in [6.45, 7) is 7.45. The highest BCUT2D eigenvalue weighted by atomic mass is 32.2. The van der Waals surface area contributed by atoms with Crippen molar-refractivity contribution in [2.24, 2.45) is 5.92 Å². The van der Waals surface area contributed by atoms with Crippen LogP contribution in [0.2, 0.25) is 0 Å². The number of hydrogen-bond acceptors (Lipinski definition) is 4. The van der Waals surface area contributed by atoms with Gasteiger partial charge in [0.05, 0.1) is 16.7 Å². The molecule has 0 atom stereocenters. The molecule has 1 saturated carbocycles. The van der Waals surface area contributed by atoms with Crippen molar-refractivity contribution >= 4 is 33.0 Å². The van der Waals surface area contributed by atoms with E-state index in [1.165, 1.54) is 15.7 Å². The minimum absolute atomic E-state index is 0.0711. The maximum absolute atomic E-state index is 13.7. The summed E-state index contributed by atoms with van der Waals surface area (Å²) >= 11 is 0. The summed E-state index contributed by atoms with van der Waals surface area (Å²) in [6, 6.07) is 5.11. The number of piperidine rings is 1. The Kier molecular flexibility index (Phi) is 7.96. The number of carbonyl (C=O) groups excluding carboxylic acids is 1. The van der Waals surface area contributed by atoms with Gasteiger partial charge in [0, 0.05) is 58.0 Å². The number of halogens is 2. The maximum atomic E-state index is 13.7. The Bertz CT molecular complexity index is 1260. The van der Waals surface area contributed by atoms with Gasteiger partial charge in [-0.1, -0.05) is 20.8 Å². The van der Waals surface area contributed by atoms with Crippen molar-refractivity contribution in [2.75, 3.05) is 31.5 Å². The van der Waals surface area contributed by atoms with Crippen LogP contribution in [-0.2, 0) is 22.2 Å². The number of urea groups is 1. The summed E-state index contributed by atoms with van der Waals surface area (Å²) in [5, 5.41) is 5.36. The molecule has 38 heavy (non-hydrogen) atoms. The number of alkyl halides is 2. The van der Waals surface area contributed by atoms with Crippen molar-refractivity contribution in [1.29, 1.82) is 0 Å². The van der Waals surface area contributed by atoms with Gasteiger partial charge in [-0.05, 0) is 49.8 Å². The lowest BCUT2D eigenvalue weighted by molar-refractivity contribution is -0.0473. The summed E-state index contributed by atoms with van der Waals surface area (Å²) in [4.78, 5) is 16.5. The van der Waals surface area contributed by atoms with Crippen LogP contribution >= 0.6 is 0 Å². The van der Waals surface area contributed by atoms with E-state index in [1.54, 1.807) is 19.2 Å². The molecule has 0 spiro atoms. The average Bonchev–Trinajstić information content (AvgIpc) is 3.23. The predicted molar refractivity (Wildman–Crippen MR) is 145 cm³/mol. The molecule has 2 aliphatic rings. The number of hydrogen-bond donors (Lipinski definition) is 2. The first-order valence-electron chi connectivity index (χ1n) is 13.3. The zero-order valence-electron chi connectivity index (χ0n) is 22.9. The van der Waals surface area contributed by atoms with Gasteiger partial charge >= 0.3 is 16.2 Å². The van der Waals surface area contributed by atoms with Crippen LogP contribution in [0.5, 0.6) is 0 Å². The van der Waals surface area contributed by atoms with E-state index in [1.807, 2.05) is 6.07 Å². The molecule has 2 aromatic rings. The fraction of sp³-hybridized carbons (Fsp3) is 0.692. The number of aromatic nitrogens is 2. The Balaban J connectivity index is 1.55. The normalized spacial score (nSPS) is 20.0. The summed E-state index contributed by atoms with van der Waals surface area (Å²) in [5.74, 6) is -1.56. The minimum Gasteiger partial charge on any atom is -0.341 e. The maximum Gasteiger partial charge on any atom is 0.314 e. The Morgan fingerprint density at radius 1 is 1.16 bits per heavy atom. The zero-order chi connectivity index (χ0) is 27.9. The monoisotopic (exact) mass is 554 g/mol. The van der Waals surface area contributed by atoms with Crippen molar-refractivity contribution in [3.05, 3.63) is 24.0 Å². The van der Waals surface area contributed by atoms with Crippen molar-refractivity contribution in [3.63, 3.8) is 0 Å². The fourth-order valence-electron chi connectivity index (χ4n) is 5.41. The second-order valence-electron chi connectivity index (χ2n) is 11.6. The van der Waals surface area contributed by atoms with E-state index >= 15 is 0 Å². The highest BCUT2D eigenvalue weighted by Gasteiger charge is 2.36. The van der Waals surface area contributed by atoms with Gasteiger partial charge in [0.15, 0.2) is 0 Å². The largest absolute Gasteiger partial charge is 0.341 e. The Morgan fingerprint density at radius 2 is 1.79 bits per heavy atom. The number of rotatable bonds is 6. The molecule has 1 aromatic carbocycles. The average molecular weight is 555 g/mol. The summed E-state index contributed by atoms with van der Waals surface area (Å²) in [5.41, 5.74) is 1.79. The second-order valence-corrected chi connectivity index (χ2v) is 13.6. The Morgan fingerprint density at radius 3 is 2.37 bits per heavy atom. The van der Waals surface area contributed by atoms with Gasteiger partial charge in [-0.2, -0.15) is 12.7 Å². The molecular formula is C26H40F2N6O3S. The molecule has 0 unspecified atom stereocenters. The van der Waals surface area contributed by atoms with Crippen LogP contribution in [0.4, 0.5) is 19.3 Å². The molecule has 12 heteroatoms. The number of imidazole rings is 1. The number of fused-ring (bicyclic) bond motifs is 1. The van der Waals surface area contributed by atoms with Gasteiger partial charge in [-0.3, -0.25) is 4.31 Å². The minimum atomic E-state index is -3.77. The van der Waals surface area contributed by atoms with Crippen LogP contribution < -0.4 is 14.9 Å². The first kappa shape index (κ1) is 28.5. The molecule has 0 bridgehead atoms. The number of nitrogens with zero attached hydrogens (tertiary/aromatic N) is 4. The highest BCUT2D eigenvalue weighted by Crippen LogP contribution is 2.38. The van der Waals surface area contributed by atoms with Crippen molar-refractivity contribution < 1.29 is 22.0 Å². The predicted octanol–water partition coefficient (Wildman–Crippen LogP) is 4.23. The van der Waals surface area contributed by atoms with Crippen LogP contribution in [0.1, 0.15) is 65.1 Å². The van der Waals surface area contributed by atoms with Crippen LogP contribution in [-0.4, -0.2) is 67.5 Å². The molecule has 1 aliphatic carbocycles. The van der Waals surface area contributed by atoms with Gasteiger partial charge in [-0.25, -0.2) is 18.6 Å². The van der Waals surface area contributed by atoms with Crippen molar-refractivity contribution in [3.8, 4) is 0 Å². The molecule has 2 N–H and O–H groups in total. The first-order chi connectivity index (χ1) is 17.7. The lowest BCUT2D eigenvalue weighted by Gasteiger charge is -2.34. The molecule has 4 rings (SSSR count). The standard InChI is InChI=1S/C26H40F2N6O3S/c1-25(2,3)23-31-21-16-20(6-7-22(21)34(23)17-18-8-12-26(27,28)13-9-18)32(5)38(36,37)33-14-10-19(11-15-33)30-24(35)29-4/h6-7,16,18-19H,8-15,17H2,1-5H3,(H2,29,30,35). The lowest BCUT2D eigenvalue weighted by Crippen LogP contribution is -2.51. The number of anilines is 1. The van der Waals surface area contributed by atoms with E-state index in [4.69, 9.17) is 4.98 Å². The van der Waals surface area contributed by atoms with Crippen LogP contribution in [0.15, 0.2) is 18.2 Å². The van der Waals surface area contributed by atoms with E-state index in [-0.39, 0.29) is 36.2 Å². The third kappa shape index (κ3) is 6.06. The summed E-state index contributed by atoms with van der Waals surface area (Å²) in [6.07, 6.45) is 1.86. The van der Waals surface area contributed by atoms with Gasteiger partial charge < -0.3 is 15.2 Å². The van der Waals surface area contributed by atoms with Crippen LogP contribution in [0.25, 0.3) is 11.0 Å². The van der Waals surface area contributed by atoms with Crippen LogP contribution in [0, 0.1) is 5.92 Å². The molecule has 2 fully saturated rings. The molecule has 212 valence electrons. The lowest BCUT2D eigenvalue weighted by atomic mass is 9.86. The van der Waals surface area contributed by atoms with E-state index < -0.39 is 16.1 Å². The molecule has 1 aliphatic heterocycles. The zero-order valence-corrected chi connectivity index (χ0v) is 23.7. The number of benzene rings is 1. The van der Waals surface area contributed by atoms with Crippen LogP contribution in [0.3, 0.4) is 0 Å².